The molecule has 1 N–H and O–H groups in total. The van der Waals surface area contributed by atoms with Gasteiger partial charge >= 0.3 is 11.9 Å². The highest BCUT2D eigenvalue weighted by Crippen LogP contribution is 2.52. The summed E-state index contributed by atoms with van der Waals surface area (Å²) in [4.78, 5) is 25.3. The Morgan fingerprint density at radius 2 is 2.00 bits per heavy atom. The number of carbonyl (C=O) groups is 2. The zero-order valence-corrected chi connectivity index (χ0v) is 15.6. The van der Waals surface area contributed by atoms with Crippen LogP contribution in [0.15, 0.2) is 36.4 Å². The van der Waals surface area contributed by atoms with Crippen LogP contribution < -0.4 is 4.74 Å². The predicted octanol–water partition coefficient (Wildman–Crippen LogP) is 3.46. The van der Waals surface area contributed by atoms with E-state index in [1.807, 2.05) is 24.3 Å². The van der Waals surface area contributed by atoms with Crippen LogP contribution >= 0.6 is 0 Å². The highest BCUT2D eigenvalue weighted by molar-refractivity contribution is 6.07. The zero-order valence-electron chi connectivity index (χ0n) is 15.6. The molecule has 0 unspecified atom stereocenters. The number of benzene rings is 2. The topological polar surface area (TPSA) is 82.1 Å². The van der Waals surface area contributed by atoms with Crippen molar-refractivity contribution in [3.63, 3.8) is 0 Å². The lowest BCUT2D eigenvalue weighted by molar-refractivity contribution is -0.145. The Bertz CT molecular complexity index is 1050. The van der Waals surface area contributed by atoms with Crippen LogP contribution in [-0.4, -0.2) is 35.9 Å². The summed E-state index contributed by atoms with van der Waals surface area (Å²) < 4.78 is 16.8. The molecule has 0 amide bonds. The van der Waals surface area contributed by atoms with Crippen LogP contribution in [0.2, 0.25) is 0 Å². The van der Waals surface area contributed by atoms with Crippen LogP contribution in [0.25, 0.3) is 10.8 Å². The highest BCUT2D eigenvalue weighted by Gasteiger charge is 2.48. The average molecular weight is 380 g/mol. The number of hydrogen-bond acceptors (Lipinski definition) is 6. The number of phenolic OH excluding ortho intramolecular Hbond substituents is 1. The molecule has 144 valence electrons. The van der Waals surface area contributed by atoms with Crippen LogP contribution in [0.4, 0.5) is 0 Å². The summed E-state index contributed by atoms with van der Waals surface area (Å²) in [5, 5.41) is 12.3. The summed E-state index contributed by atoms with van der Waals surface area (Å²) in [6, 6.07) is 7.26. The summed E-state index contributed by atoms with van der Waals surface area (Å²) in [5.41, 5.74) is 0.108. The van der Waals surface area contributed by atoms with Crippen molar-refractivity contribution < 1.29 is 28.9 Å². The van der Waals surface area contributed by atoms with E-state index in [0.717, 1.165) is 5.39 Å². The molecule has 0 bridgehead atoms. The molecule has 2 aromatic rings. The lowest BCUT2D eigenvalue weighted by atomic mass is 9.88. The lowest BCUT2D eigenvalue weighted by Crippen LogP contribution is -2.35. The van der Waals surface area contributed by atoms with Crippen molar-refractivity contribution in [3.05, 3.63) is 47.5 Å². The molecule has 6 heteroatoms. The molecular formula is C22H20O6. The second kappa shape index (κ2) is 5.74. The standard InChI is InChI=1S/C22H20O6/c1-22(2)10-26-21(25)19(22)28-20(24)16-15-13-8-5-9-14(13)27-18(15)12-7-4-3-6-11(12)17(16)23/h3-7,9,13-14,19,23H,8,10H2,1-2H3/t13-,14+,19+/m1/s1. The van der Waals surface area contributed by atoms with Gasteiger partial charge in [0, 0.05) is 27.7 Å². The van der Waals surface area contributed by atoms with Crippen LogP contribution in [0.3, 0.4) is 0 Å². The molecule has 2 aliphatic heterocycles. The number of allylic oxidation sites excluding steroid dienone is 1. The van der Waals surface area contributed by atoms with Gasteiger partial charge in [-0.05, 0) is 12.5 Å². The van der Waals surface area contributed by atoms with Gasteiger partial charge in [-0.15, -0.1) is 0 Å². The largest absolute Gasteiger partial charge is 0.506 e. The van der Waals surface area contributed by atoms with E-state index in [-0.39, 0.29) is 29.9 Å². The maximum atomic E-state index is 13.2. The van der Waals surface area contributed by atoms with E-state index in [4.69, 9.17) is 14.2 Å². The quantitative estimate of drug-likeness (QED) is 0.635. The first-order valence-electron chi connectivity index (χ1n) is 9.37. The molecule has 1 saturated heterocycles. The predicted molar refractivity (Wildman–Crippen MR) is 100 cm³/mol. The van der Waals surface area contributed by atoms with Crippen molar-refractivity contribution in [2.75, 3.05) is 6.61 Å². The van der Waals surface area contributed by atoms with E-state index in [1.165, 1.54) is 0 Å². The minimum Gasteiger partial charge on any atom is -0.506 e. The van der Waals surface area contributed by atoms with Gasteiger partial charge in [0.1, 0.15) is 29.8 Å². The first-order chi connectivity index (χ1) is 13.4. The van der Waals surface area contributed by atoms with Gasteiger partial charge in [0.25, 0.3) is 0 Å². The molecule has 3 atom stereocenters. The average Bonchev–Trinajstić information content (AvgIpc) is 3.32. The van der Waals surface area contributed by atoms with Gasteiger partial charge in [-0.2, -0.15) is 0 Å². The maximum absolute atomic E-state index is 13.2. The van der Waals surface area contributed by atoms with E-state index in [0.29, 0.717) is 23.1 Å². The van der Waals surface area contributed by atoms with Gasteiger partial charge in [0.2, 0.25) is 6.10 Å². The Hall–Kier alpha value is -3.02. The van der Waals surface area contributed by atoms with Gasteiger partial charge in [-0.3, -0.25) is 0 Å². The number of carbonyl (C=O) groups excluding carboxylic acids is 2. The van der Waals surface area contributed by atoms with Gasteiger partial charge < -0.3 is 19.3 Å². The Labute approximate surface area is 161 Å². The van der Waals surface area contributed by atoms with Crippen LogP contribution in [0.1, 0.15) is 42.1 Å². The van der Waals surface area contributed by atoms with Gasteiger partial charge in [0.05, 0.1) is 0 Å². The molecule has 0 radical (unpaired) electrons. The molecule has 0 saturated carbocycles. The van der Waals surface area contributed by atoms with Crippen molar-refractivity contribution in [1.82, 2.24) is 0 Å². The number of aromatic hydroxyl groups is 1. The van der Waals surface area contributed by atoms with Crippen molar-refractivity contribution in [2.24, 2.45) is 5.41 Å². The Kier molecular flexibility index (Phi) is 3.50. The number of hydrogen-bond donors (Lipinski definition) is 1. The summed E-state index contributed by atoms with van der Waals surface area (Å²) >= 11 is 0. The smallest absolute Gasteiger partial charge is 0.348 e. The molecule has 28 heavy (non-hydrogen) atoms. The Balaban J connectivity index is 1.66. The van der Waals surface area contributed by atoms with Gasteiger partial charge in [-0.1, -0.05) is 44.2 Å². The number of fused-ring (bicyclic) bond motifs is 5. The fourth-order valence-electron chi connectivity index (χ4n) is 4.36. The first kappa shape index (κ1) is 17.1. The van der Waals surface area contributed by atoms with Crippen LogP contribution in [0.5, 0.6) is 11.5 Å². The number of rotatable bonds is 2. The zero-order chi connectivity index (χ0) is 19.6. The van der Waals surface area contributed by atoms with E-state index in [1.54, 1.807) is 26.0 Å². The number of esters is 2. The molecule has 0 spiro atoms. The summed E-state index contributed by atoms with van der Waals surface area (Å²) in [7, 11) is 0. The van der Waals surface area contributed by atoms with Crippen molar-refractivity contribution >= 4 is 22.7 Å². The highest BCUT2D eigenvalue weighted by atomic mass is 16.6. The molecule has 3 aliphatic rings. The summed E-state index contributed by atoms with van der Waals surface area (Å²) in [6.45, 7) is 3.80. The van der Waals surface area contributed by atoms with Crippen molar-refractivity contribution in [2.45, 2.75) is 38.4 Å². The number of phenols is 1. The second-order valence-electron chi connectivity index (χ2n) is 8.25. The molecule has 6 nitrogen and oxygen atoms in total. The lowest BCUT2D eigenvalue weighted by Gasteiger charge is -2.23. The fourth-order valence-corrected chi connectivity index (χ4v) is 4.36. The van der Waals surface area contributed by atoms with Crippen LogP contribution in [0, 0.1) is 5.41 Å². The Morgan fingerprint density at radius 3 is 2.71 bits per heavy atom. The third-order valence-corrected chi connectivity index (χ3v) is 5.85. The summed E-state index contributed by atoms with van der Waals surface area (Å²) in [6.07, 6.45) is 3.52. The third kappa shape index (κ3) is 2.27. The molecular weight excluding hydrogens is 360 g/mol. The fraction of sp³-hybridized carbons (Fsp3) is 0.364. The third-order valence-electron chi connectivity index (χ3n) is 5.85. The van der Waals surface area contributed by atoms with Gasteiger partial charge in [-0.25, -0.2) is 9.59 Å². The monoisotopic (exact) mass is 380 g/mol. The van der Waals surface area contributed by atoms with E-state index in [2.05, 4.69) is 0 Å². The molecule has 2 heterocycles. The first-order valence-corrected chi connectivity index (χ1v) is 9.37. The Morgan fingerprint density at radius 1 is 1.25 bits per heavy atom. The minimum absolute atomic E-state index is 0.0587. The van der Waals surface area contributed by atoms with E-state index < -0.39 is 23.5 Å². The molecule has 0 aromatic heterocycles. The number of ether oxygens (including phenoxy) is 3. The molecule has 2 aromatic carbocycles. The normalized spacial score (nSPS) is 26.6. The van der Waals surface area contributed by atoms with Crippen molar-refractivity contribution in [1.29, 1.82) is 0 Å². The number of cyclic esters (lactones) is 1. The molecule has 1 fully saturated rings. The molecule has 5 rings (SSSR count). The maximum Gasteiger partial charge on any atom is 0.348 e. The van der Waals surface area contributed by atoms with Crippen molar-refractivity contribution in [3.8, 4) is 11.5 Å². The molecule has 1 aliphatic carbocycles. The second-order valence-corrected chi connectivity index (χ2v) is 8.25. The van der Waals surface area contributed by atoms with E-state index >= 15 is 0 Å². The van der Waals surface area contributed by atoms with Gasteiger partial charge in [0.15, 0.2) is 0 Å². The minimum atomic E-state index is -1.01. The van der Waals surface area contributed by atoms with Crippen LogP contribution in [-0.2, 0) is 14.3 Å². The summed E-state index contributed by atoms with van der Waals surface area (Å²) in [5.74, 6) is -0.885. The van der Waals surface area contributed by atoms with E-state index in [9.17, 15) is 14.7 Å². The SMILES string of the molecule is CC1(C)COC(=O)[C@@H]1OC(=O)c1c2c(c3ccccc3c1O)O[C@H]1C=CC[C@@H]21.